The number of benzene rings is 6. The van der Waals surface area contributed by atoms with Crippen LogP contribution in [0.4, 0.5) is 0 Å². The summed E-state index contributed by atoms with van der Waals surface area (Å²) in [5.74, 6) is 1.20. The molecule has 0 unspecified atom stereocenters. The summed E-state index contributed by atoms with van der Waals surface area (Å²) < 4.78 is 0. The summed E-state index contributed by atoms with van der Waals surface area (Å²) in [4.78, 5) is 0. The van der Waals surface area contributed by atoms with Gasteiger partial charge in [0.05, 0.1) is 0 Å². The highest BCUT2D eigenvalue weighted by Crippen LogP contribution is 2.23. The molecule has 0 saturated carbocycles. The van der Waals surface area contributed by atoms with Crippen molar-refractivity contribution < 1.29 is 0 Å². The Hall–Kier alpha value is -4.16. The molecule has 0 aromatic heterocycles. The monoisotopic (exact) mass is 641 g/mol. The fraction of sp³-hybridized carbons (Fsp3) is 0.333. The van der Waals surface area contributed by atoms with E-state index in [0.29, 0.717) is 11.8 Å². The summed E-state index contributed by atoms with van der Waals surface area (Å²) in [6.07, 6.45) is 2.00. The number of hydrogen-bond donors (Lipinski definition) is 0. The quantitative estimate of drug-likeness (QED) is 0.170. The Morgan fingerprint density at radius 2 is 0.771 bits per heavy atom. The molecule has 6 rings (SSSR count). The fourth-order valence-corrected chi connectivity index (χ4v) is 5.29. The van der Waals surface area contributed by atoms with Crippen molar-refractivity contribution >= 4 is 21.5 Å². The Kier molecular flexibility index (Phi) is 21.0. The van der Waals surface area contributed by atoms with Gasteiger partial charge in [-0.3, -0.25) is 0 Å². The maximum Gasteiger partial charge on any atom is -0.00196 e. The van der Waals surface area contributed by atoms with Gasteiger partial charge < -0.3 is 0 Å². The zero-order chi connectivity index (χ0) is 35.9. The summed E-state index contributed by atoms with van der Waals surface area (Å²) in [7, 11) is 0. The zero-order valence-electron chi connectivity index (χ0n) is 32.3. The van der Waals surface area contributed by atoms with Gasteiger partial charge in [0.1, 0.15) is 0 Å². The van der Waals surface area contributed by atoms with Gasteiger partial charge in [-0.2, -0.15) is 0 Å². The molecule has 0 amide bonds. The van der Waals surface area contributed by atoms with E-state index in [1.165, 1.54) is 54.9 Å². The second-order valence-corrected chi connectivity index (χ2v) is 11.5. The Balaban J connectivity index is 0.000000398. The predicted molar refractivity (Wildman–Crippen MR) is 220 cm³/mol. The topological polar surface area (TPSA) is 0 Å². The molecule has 6 aromatic carbocycles. The second kappa shape index (κ2) is 24.1. The normalized spacial score (nSPS) is 9.79. The van der Waals surface area contributed by atoms with E-state index < -0.39 is 0 Å². The lowest BCUT2D eigenvalue weighted by Gasteiger charge is -2.09. The molecule has 0 bridgehead atoms. The Bertz CT molecular complexity index is 1660. The summed E-state index contributed by atoms with van der Waals surface area (Å²) in [5.41, 5.74) is 8.36. The van der Waals surface area contributed by atoms with Gasteiger partial charge in [-0.05, 0) is 79.6 Å². The number of hydrogen-bond acceptors (Lipinski definition) is 0. The molecule has 0 atom stereocenters. The van der Waals surface area contributed by atoms with Crippen molar-refractivity contribution in [3.8, 4) is 0 Å². The highest BCUT2D eigenvalue weighted by Gasteiger charge is 2.04. The maximum absolute atomic E-state index is 2.30. The van der Waals surface area contributed by atoms with E-state index in [2.05, 4.69) is 161 Å². The minimum atomic E-state index is 0.599. The molecular formula is C48H64. The summed E-state index contributed by atoms with van der Waals surface area (Å²) in [6.45, 7) is 24.9. The molecule has 0 aliphatic rings. The van der Waals surface area contributed by atoms with Crippen molar-refractivity contribution in [2.45, 2.75) is 108 Å². The molecule has 0 aliphatic heterocycles. The Morgan fingerprint density at radius 1 is 0.354 bits per heavy atom. The van der Waals surface area contributed by atoms with Crippen LogP contribution in [-0.4, -0.2) is 0 Å². The molecule has 0 heterocycles. The maximum atomic E-state index is 2.30. The lowest BCUT2D eigenvalue weighted by molar-refractivity contribution is 0.865. The van der Waals surface area contributed by atoms with E-state index in [0.717, 1.165) is 12.8 Å². The minimum Gasteiger partial charge on any atom is -0.0683 e. The van der Waals surface area contributed by atoms with Gasteiger partial charge in [0.15, 0.2) is 0 Å². The average molecular weight is 641 g/mol. The van der Waals surface area contributed by atoms with Gasteiger partial charge in [0.25, 0.3) is 0 Å². The van der Waals surface area contributed by atoms with Crippen molar-refractivity contribution in [2.24, 2.45) is 0 Å². The molecule has 0 N–H and O–H groups in total. The molecule has 48 heavy (non-hydrogen) atoms. The lowest BCUT2D eigenvalue weighted by atomic mass is 9.96. The first-order valence-corrected chi connectivity index (χ1v) is 18.6. The lowest BCUT2D eigenvalue weighted by Crippen LogP contribution is -1.92. The predicted octanol–water partition coefficient (Wildman–Crippen LogP) is 15.2. The third kappa shape index (κ3) is 13.2. The van der Waals surface area contributed by atoms with Crippen LogP contribution in [0.5, 0.6) is 0 Å². The number of fused-ring (bicyclic) bond motifs is 2. The largest absolute Gasteiger partial charge is 0.0683 e. The average Bonchev–Trinajstić information content (AvgIpc) is 3.16. The molecule has 0 saturated heterocycles. The Labute approximate surface area is 295 Å². The highest BCUT2D eigenvalue weighted by molar-refractivity contribution is 5.86. The van der Waals surface area contributed by atoms with E-state index in [-0.39, 0.29) is 0 Å². The van der Waals surface area contributed by atoms with Crippen LogP contribution in [0.2, 0.25) is 0 Å². The van der Waals surface area contributed by atoms with Crippen LogP contribution < -0.4 is 0 Å². The van der Waals surface area contributed by atoms with E-state index in [1.54, 1.807) is 0 Å². The van der Waals surface area contributed by atoms with Crippen LogP contribution >= 0.6 is 0 Å². The highest BCUT2D eigenvalue weighted by atomic mass is 14.1. The third-order valence-corrected chi connectivity index (χ3v) is 7.79. The molecule has 0 nitrogen and oxygen atoms in total. The minimum absolute atomic E-state index is 0.599. The first kappa shape index (κ1) is 41.9. The van der Waals surface area contributed by atoms with E-state index in [1.807, 2.05) is 55.4 Å². The number of rotatable bonds is 6. The second-order valence-electron chi connectivity index (χ2n) is 11.5. The molecule has 0 radical (unpaired) electrons. The van der Waals surface area contributed by atoms with E-state index in [9.17, 15) is 0 Å². The van der Waals surface area contributed by atoms with Crippen LogP contribution in [0, 0.1) is 0 Å². The van der Waals surface area contributed by atoms with Crippen LogP contribution in [0.3, 0.4) is 0 Å². The standard InChI is InChI=1S/2C20H20.4C2H6/c1-15(2)17-12-10-16(11-13-17)14-19-8-5-7-18-6-3-4-9-20(18)19;1-15(2)18-10-7-16(8-11-18)13-17-9-12-19-5-3-4-6-20(19)14-17;4*1-2/h3-13,15H,14H2,1-2H3;3-12,14-15H,13H2,1-2H3;4*1-2H3. The third-order valence-electron chi connectivity index (χ3n) is 7.79. The van der Waals surface area contributed by atoms with Crippen molar-refractivity contribution in [3.05, 3.63) is 167 Å². The van der Waals surface area contributed by atoms with Gasteiger partial charge in [0.2, 0.25) is 0 Å². The molecule has 256 valence electrons. The molecule has 0 aliphatic carbocycles. The van der Waals surface area contributed by atoms with Crippen molar-refractivity contribution in [1.82, 2.24) is 0 Å². The zero-order valence-corrected chi connectivity index (χ0v) is 32.3. The van der Waals surface area contributed by atoms with Crippen LogP contribution in [0.25, 0.3) is 21.5 Å². The first-order valence-electron chi connectivity index (χ1n) is 18.6. The van der Waals surface area contributed by atoms with Gasteiger partial charge in [-0.15, -0.1) is 0 Å². The van der Waals surface area contributed by atoms with Crippen molar-refractivity contribution in [1.29, 1.82) is 0 Å². The summed E-state index contributed by atoms with van der Waals surface area (Å²) in [6, 6.07) is 48.5. The SMILES string of the molecule is CC.CC.CC.CC.CC(C)c1ccc(Cc2ccc3ccccc3c2)cc1.CC(C)c1ccc(Cc2cccc3ccccc23)cc1. The van der Waals surface area contributed by atoms with Crippen LogP contribution in [0.1, 0.15) is 128 Å². The van der Waals surface area contributed by atoms with Crippen molar-refractivity contribution in [3.63, 3.8) is 0 Å². The van der Waals surface area contributed by atoms with Gasteiger partial charge in [-0.1, -0.05) is 217 Å². The van der Waals surface area contributed by atoms with Gasteiger partial charge in [-0.25, -0.2) is 0 Å². The Morgan fingerprint density at radius 3 is 1.29 bits per heavy atom. The summed E-state index contributed by atoms with van der Waals surface area (Å²) >= 11 is 0. The molecule has 6 aromatic rings. The van der Waals surface area contributed by atoms with E-state index >= 15 is 0 Å². The first-order chi connectivity index (χ1) is 23.5. The van der Waals surface area contributed by atoms with Gasteiger partial charge in [0, 0.05) is 0 Å². The molecular weight excluding hydrogens is 577 g/mol. The molecule has 0 heteroatoms. The smallest absolute Gasteiger partial charge is 0.00196 e. The molecule has 0 fully saturated rings. The fourth-order valence-electron chi connectivity index (χ4n) is 5.29. The van der Waals surface area contributed by atoms with E-state index in [4.69, 9.17) is 0 Å². The van der Waals surface area contributed by atoms with Crippen LogP contribution in [0.15, 0.2) is 133 Å². The summed E-state index contributed by atoms with van der Waals surface area (Å²) in [5, 5.41) is 5.32. The van der Waals surface area contributed by atoms with Crippen molar-refractivity contribution in [2.75, 3.05) is 0 Å². The van der Waals surface area contributed by atoms with Gasteiger partial charge >= 0.3 is 0 Å². The molecule has 0 spiro atoms. The van der Waals surface area contributed by atoms with Crippen LogP contribution in [-0.2, 0) is 12.8 Å².